The van der Waals surface area contributed by atoms with Crippen LogP contribution in [0.1, 0.15) is 11.8 Å². The SMILES string of the molecule is COc1ccc(CNCC(C)CSC)s1. The lowest BCUT2D eigenvalue weighted by atomic mass is 10.2. The average molecular weight is 245 g/mol. The van der Waals surface area contributed by atoms with Crippen LogP contribution in [0, 0.1) is 5.92 Å². The van der Waals surface area contributed by atoms with Crippen molar-refractivity contribution in [3.63, 3.8) is 0 Å². The molecule has 1 aromatic heterocycles. The average Bonchev–Trinajstić information content (AvgIpc) is 2.66. The summed E-state index contributed by atoms with van der Waals surface area (Å²) in [6.45, 7) is 4.31. The van der Waals surface area contributed by atoms with Crippen LogP contribution in [0.15, 0.2) is 12.1 Å². The predicted octanol–water partition coefficient (Wildman–Crippen LogP) is 2.85. The molecule has 1 heterocycles. The molecule has 0 aromatic carbocycles. The first kappa shape index (κ1) is 12.9. The maximum absolute atomic E-state index is 5.15. The van der Waals surface area contributed by atoms with E-state index in [1.54, 1.807) is 18.4 Å². The summed E-state index contributed by atoms with van der Waals surface area (Å²) >= 11 is 3.61. The second-order valence-corrected chi connectivity index (χ2v) is 5.66. The van der Waals surface area contributed by atoms with E-state index in [4.69, 9.17) is 4.74 Å². The molecule has 4 heteroatoms. The van der Waals surface area contributed by atoms with Crippen LogP contribution in [-0.4, -0.2) is 25.7 Å². The van der Waals surface area contributed by atoms with Gasteiger partial charge in [-0.05, 0) is 36.6 Å². The van der Waals surface area contributed by atoms with Crippen LogP contribution >= 0.6 is 23.1 Å². The lowest BCUT2D eigenvalue weighted by Gasteiger charge is -2.09. The van der Waals surface area contributed by atoms with E-state index in [-0.39, 0.29) is 0 Å². The van der Waals surface area contributed by atoms with Gasteiger partial charge in [-0.15, -0.1) is 11.3 Å². The van der Waals surface area contributed by atoms with Crippen molar-refractivity contribution in [2.45, 2.75) is 13.5 Å². The lowest BCUT2D eigenvalue weighted by molar-refractivity contribution is 0.427. The summed E-state index contributed by atoms with van der Waals surface area (Å²) in [7, 11) is 1.71. The number of methoxy groups -OCH3 is 1. The van der Waals surface area contributed by atoms with Crippen LogP contribution in [0.3, 0.4) is 0 Å². The Morgan fingerprint density at radius 1 is 1.53 bits per heavy atom. The zero-order valence-electron chi connectivity index (χ0n) is 9.58. The lowest BCUT2D eigenvalue weighted by Crippen LogP contribution is -2.21. The van der Waals surface area contributed by atoms with E-state index in [9.17, 15) is 0 Å². The zero-order valence-corrected chi connectivity index (χ0v) is 11.2. The Kier molecular flexibility index (Phi) is 6.13. The Morgan fingerprint density at radius 3 is 2.93 bits per heavy atom. The summed E-state index contributed by atoms with van der Waals surface area (Å²) in [5.74, 6) is 1.96. The number of hydrogen-bond acceptors (Lipinski definition) is 4. The maximum atomic E-state index is 5.15. The van der Waals surface area contributed by atoms with Gasteiger partial charge in [0.1, 0.15) is 0 Å². The Labute approximate surface area is 100 Å². The predicted molar refractivity (Wildman–Crippen MR) is 70.1 cm³/mol. The van der Waals surface area contributed by atoms with Crippen molar-refractivity contribution < 1.29 is 4.74 Å². The Balaban J connectivity index is 2.19. The second kappa shape index (κ2) is 7.14. The second-order valence-electron chi connectivity index (χ2n) is 3.62. The number of hydrogen-bond donors (Lipinski definition) is 1. The summed E-state index contributed by atoms with van der Waals surface area (Å²) in [6, 6.07) is 4.14. The number of rotatable bonds is 7. The van der Waals surface area contributed by atoms with Crippen molar-refractivity contribution in [1.82, 2.24) is 5.32 Å². The molecule has 1 atom stereocenters. The molecule has 0 fully saturated rings. The number of nitrogens with one attached hydrogen (secondary N) is 1. The molecular formula is C11H19NOS2. The molecule has 1 N–H and O–H groups in total. The molecule has 1 aromatic rings. The highest BCUT2D eigenvalue weighted by Gasteiger charge is 2.02. The molecule has 0 aliphatic heterocycles. The van der Waals surface area contributed by atoms with Gasteiger partial charge in [0.25, 0.3) is 0 Å². The van der Waals surface area contributed by atoms with Crippen LogP contribution in [0.4, 0.5) is 0 Å². The molecule has 0 aliphatic carbocycles. The van der Waals surface area contributed by atoms with E-state index in [0.717, 1.165) is 24.1 Å². The van der Waals surface area contributed by atoms with E-state index >= 15 is 0 Å². The van der Waals surface area contributed by atoms with Crippen molar-refractivity contribution in [3.05, 3.63) is 17.0 Å². The fraction of sp³-hybridized carbons (Fsp3) is 0.636. The third-order valence-electron chi connectivity index (χ3n) is 2.08. The first-order chi connectivity index (χ1) is 7.26. The summed E-state index contributed by atoms with van der Waals surface area (Å²) < 4.78 is 5.15. The van der Waals surface area contributed by atoms with E-state index in [2.05, 4.69) is 24.6 Å². The minimum absolute atomic E-state index is 0.738. The Bertz CT molecular complexity index is 275. The molecule has 1 unspecified atom stereocenters. The van der Waals surface area contributed by atoms with Gasteiger partial charge in [-0.25, -0.2) is 0 Å². The summed E-state index contributed by atoms with van der Waals surface area (Å²) in [5, 5.41) is 4.45. The van der Waals surface area contributed by atoms with Crippen molar-refractivity contribution in [3.8, 4) is 5.06 Å². The molecule has 15 heavy (non-hydrogen) atoms. The molecule has 0 amide bonds. The molecule has 2 nitrogen and oxygen atoms in total. The van der Waals surface area contributed by atoms with Gasteiger partial charge >= 0.3 is 0 Å². The van der Waals surface area contributed by atoms with Gasteiger partial charge in [0.15, 0.2) is 5.06 Å². The van der Waals surface area contributed by atoms with E-state index in [0.29, 0.717) is 0 Å². The monoisotopic (exact) mass is 245 g/mol. The molecule has 0 saturated carbocycles. The standard InChI is InChI=1S/C11H19NOS2/c1-9(8-14-3)6-12-7-10-4-5-11(13-2)15-10/h4-5,9,12H,6-8H2,1-3H3. The van der Waals surface area contributed by atoms with E-state index in [1.165, 1.54) is 10.6 Å². The smallest absolute Gasteiger partial charge is 0.173 e. The summed E-state index contributed by atoms with van der Waals surface area (Å²) in [4.78, 5) is 1.34. The highest BCUT2D eigenvalue weighted by molar-refractivity contribution is 7.98. The van der Waals surface area contributed by atoms with Crippen molar-refractivity contribution in [2.75, 3.05) is 25.7 Å². The van der Waals surface area contributed by atoms with Gasteiger partial charge < -0.3 is 10.1 Å². The van der Waals surface area contributed by atoms with Crippen LogP contribution in [0.25, 0.3) is 0 Å². The van der Waals surface area contributed by atoms with Gasteiger partial charge in [0.2, 0.25) is 0 Å². The van der Waals surface area contributed by atoms with Gasteiger partial charge in [-0.1, -0.05) is 6.92 Å². The van der Waals surface area contributed by atoms with Crippen molar-refractivity contribution >= 4 is 23.1 Å². The van der Waals surface area contributed by atoms with Crippen LogP contribution in [0.2, 0.25) is 0 Å². The molecule has 0 spiro atoms. The van der Waals surface area contributed by atoms with Crippen LogP contribution < -0.4 is 10.1 Å². The first-order valence-electron chi connectivity index (χ1n) is 5.08. The fourth-order valence-electron chi connectivity index (χ4n) is 1.35. The van der Waals surface area contributed by atoms with Gasteiger partial charge in [0.05, 0.1) is 7.11 Å². The van der Waals surface area contributed by atoms with Gasteiger partial charge in [-0.2, -0.15) is 11.8 Å². The molecule has 0 radical (unpaired) electrons. The maximum Gasteiger partial charge on any atom is 0.173 e. The van der Waals surface area contributed by atoms with Crippen LogP contribution in [-0.2, 0) is 6.54 Å². The number of thiophene rings is 1. The minimum Gasteiger partial charge on any atom is -0.487 e. The van der Waals surface area contributed by atoms with E-state index in [1.807, 2.05) is 17.8 Å². The van der Waals surface area contributed by atoms with Crippen LogP contribution in [0.5, 0.6) is 5.06 Å². The third kappa shape index (κ3) is 4.91. The molecule has 0 saturated heterocycles. The number of ether oxygens (including phenoxy) is 1. The molecule has 86 valence electrons. The highest BCUT2D eigenvalue weighted by Crippen LogP contribution is 2.23. The first-order valence-corrected chi connectivity index (χ1v) is 7.29. The quantitative estimate of drug-likeness (QED) is 0.798. The normalized spacial score (nSPS) is 12.7. The van der Waals surface area contributed by atoms with Crippen molar-refractivity contribution in [1.29, 1.82) is 0 Å². The highest BCUT2D eigenvalue weighted by atomic mass is 32.2. The largest absolute Gasteiger partial charge is 0.487 e. The topological polar surface area (TPSA) is 21.3 Å². The minimum atomic E-state index is 0.738. The molecular weight excluding hydrogens is 226 g/mol. The summed E-state index contributed by atoms with van der Waals surface area (Å²) in [5.41, 5.74) is 0. The Morgan fingerprint density at radius 2 is 2.33 bits per heavy atom. The zero-order chi connectivity index (χ0) is 11.1. The molecule has 0 bridgehead atoms. The van der Waals surface area contributed by atoms with Gasteiger partial charge in [0, 0.05) is 11.4 Å². The summed E-state index contributed by atoms with van der Waals surface area (Å²) in [6.07, 6.45) is 2.15. The number of thioether (sulfide) groups is 1. The fourth-order valence-corrected chi connectivity index (χ4v) is 2.82. The van der Waals surface area contributed by atoms with E-state index < -0.39 is 0 Å². The molecule has 0 aliphatic rings. The Hall–Kier alpha value is -0.190. The van der Waals surface area contributed by atoms with Gasteiger partial charge in [-0.3, -0.25) is 0 Å². The molecule has 1 rings (SSSR count). The van der Waals surface area contributed by atoms with Crippen molar-refractivity contribution in [2.24, 2.45) is 5.92 Å². The third-order valence-corrected chi connectivity index (χ3v) is 4.03.